The predicted octanol–water partition coefficient (Wildman–Crippen LogP) is 2.63. The molecule has 25 heavy (non-hydrogen) atoms. The van der Waals surface area contributed by atoms with E-state index >= 15 is 0 Å². The molecule has 1 N–H and O–H groups in total. The van der Waals surface area contributed by atoms with Gasteiger partial charge in [0, 0.05) is 38.9 Å². The largest absolute Gasteiger partial charge is 0.380 e. The minimum absolute atomic E-state index is 0.710. The maximum atomic E-state index is 10.7. The number of aliphatic hydroxyl groups excluding tert-OH is 1. The first-order chi connectivity index (χ1) is 12.2. The first-order valence-corrected chi connectivity index (χ1v) is 9.69. The standard InChI is InChI=1S/C19H29N5O/c1-22-18(9-10-20-22)19(25)17-13-16-14-23(11-6-12-24(16)21-17)15-7-4-2-3-5-8-15/h9-10,13,15,19,25H,2-8,11-12,14H2,1H3. The Balaban J connectivity index is 1.53. The van der Waals surface area contributed by atoms with Crippen molar-refractivity contribution in [1.82, 2.24) is 24.5 Å². The summed E-state index contributed by atoms with van der Waals surface area (Å²) in [6.07, 6.45) is 10.3. The topological polar surface area (TPSA) is 59.1 Å². The SMILES string of the molecule is Cn1nccc1C(O)c1cc2n(n1)CCCN(C1CCCCCC1)C2. The average Bonchev–Trinajstić information content (AvgIpc) is 3.03. The molecule has 4 rings (SSSR count). The van der Waals surface area contributed by atoms with E-state index in [2.05, 4.69) is 20.7 Å². The first-order valence-electron chi connectivity index (χ1n) is 9.69. The molecule has 6 nitrogen and oxygen atoms in total. The third-order valence-corrected chi connectivity index (χ3v) is 5.82. The number of rotatable bonds is 3. The lowest BCUT2D eigenvalue weighted by Gasteiger charge is -2.29. The first kappa shape index (κ1) is 16.8. The van der Waals surface area contributed by atoms with Crippen LogP contribution in [0.1, 0.15) is 68.1 Å². The Morgan fingerprint density at radius 3 is 2.64 bits per heavy atom. The third kappa shape index (κ3) is 3.51. The number of fused-ring (bicyclic) bond motifs is 1. The van der Waals surface area contributed by atoms with Crippen LogP contribution in [0.15, 0.2) is 18.3 Å². The van der Waals surface area contributed by atoms with Crippen LogP contribution in [0.2, 0.25) is 0 Å². The van der Waals surface area contributed by atoms with Crippen LogP contribution in [0.5, 0.6) is 0 Å². The second-order valence-electron chi connectivity index (χ2n) is 7.54. The summed E-state index contributed by atoms with van der Waals surface area (Å²) >= 11 is 0. The fourth-order valence-electron chi connectivity index (χ4n) is 4.38. The van der Waals surface area contributed by atoms with Crippen molar-refractivity contribution >= 4 is 0 Å². The van der Waals surface area contributed by atoms with Gasteiger partial charge in [-0.15, -0.1) is 0 Å². The normalized spacial score (nSPS) is 21.5. The maximum absolute atomic E-state index is 10.7. The highest BCUT2D eigenvalue weighted by Crippen LogP contribution is 2.27. The van der Waals surface area contributed by atoms with Crippen molar-refractivity contribution in [1.29, 1.82) is 0 Å². The minimum Gasteiger partial charge on any atom is -0.380 e. The molecule has 1 atom stereocenters. The monoisotopic (exact) mass is 343 g/mol. The van der Waals surface area contributed by atoms with Gasteiger partial charge in [-0.2, -0.15) is 10.2 Å². The summed E-state index contributed by atoms with van der Waals surface area (Å²) in [5.74, 6) is 0. The van der Waals surface area contributed by atoms with Crippen molar-refractivity contribution in [2.45, 2.75) is 70.2 Å². The summed E-state index contributed by atoms with van der Waals surface area (Å²) in [4.78, 5) is 2.66. The predicted molar refractivity (Wildman–Crippen MR) is 96.0 cm³/mol. The third-order valence-electron chi connectivity index (χ3n) is 5.82. The lowest BCUT2D eigenvalue weighted by molar-refractivity contribution is 0.172. The summed E-state index contributed by atoms with van der Waals surface area (Å²) in [5, 5.41) is 19.5. The van der Waals surface area contributed by atoms with Crippen molar-refractivity contribution in [2.75, 3.05) is 6.54 Å². The molecule has 0 radical (unpaired) electrons. The molecule has 1 unspecified atom stereocenters. The molecule has 0 spiro atoms. The molecule has 1 aliphatic heterocycles. The summed E-state index contributed by atoms with van der Waals surface area (Å²) in [6, 6.07) is 4.66. The second kappa shape index (κ2) is 7.30. The number of nitrogens with zero attached hydrogens (tertiary/aromatic N) is 5. The number of aryl methyl sites for hydroxylation is 2. The van der Waals surface area contributed by atoms with Crippen LogP contribution in [0.3, 0.4) is 0 Å². The van der Waals surface area contributed by atoms with Gasteiger partial charge in [-0.05, 0) is 31.4 Å². The minimum atomic E-state index is -0.710. The number of hydrogen-bond acceptors (Lipinski definition) is 4. The Kier molecular flexibility index (Phi) is 4.90. The van der Waals surface area contributed by atoms with Gasteiger partial charge >= 0.3 is 0 Å². The van der Waals surface area contributed by atoms with Crippen LogP contribution in [-0.2, 0) is 20.1 Å². The highest BCUT2D eigenvalue weighted by Gasteiger charge is 2.26. The van der Waals surface area contributed by atoms with Gasteiger partial charge in [0.2, 0.25) is 0 Å². The summed E-state index contributed by atoms with van der Waals surface area (Å²) in [6.45, 7) is 3.06. The molecule has 1 saturated carbocycles. The number of aromatic nitrogens is 4. The Morgan fingerprint density at radius 2 is 1.92 bits per heavy atom. The van der Waals surface area contributed by atoms with Crippen molar-refractivity contribution < 1.29 is 5.11 Å². The summed E-state index contributed by atoms with van der Waals surface area (Å²) in [7, 11) is 1.85. The van der Waals surface area contributed by atoms with E-state index in [0.717, 1.165) is 43.5 Å². The van der Waals surface area contributed by atoms with Crippen molar-refractivity contribution in [3.63, 3.8) is 0 Å². The van der Waals surface area contributed by atoms with Crippen LogP contribution < -0.4 is 0 Å². The molecule has 3 heterocycles. The van der Waals surface area contributed by atoms with E-state index in [0.29, 0.717) is 0 Å². The quantitative estimate of drug-likeness (QED) is 0.871. The zero-order valence-electron chi connectivity index (χ0n) is 15.1. The molecule has 0 aromatic carbocycles. The molecule has 0 bridgehead atoms. The average molecular weight is 343 g/mol. The van der Waals surface area contributed by atoms with Crippen LogP contribution >= 0.6 is 0 Å². The molecule has 1 aliphatic carbocycles. The highest BCUT2D eigenvalue weighted by molar-refractivity contribution is 5.21. The molecular weight excluding hydrogens is 314 g/mol. The maximum Gasteiger partial charge on any atom is 0.139 e. The lowest BCUT2D eigenvalue weighted by atomic mass is 10.1. The summed E-state index contributed by atoms with van der Waals surface area (Å²) < 4.78 is 3.82. The van der Waals surface area contributed by atoms with E-state index in [1.165, 1.54) is 44.2 Å². The van der Waals surface area contributed by atoms with Crippen LogP contribution in [0.25, 0.3) is 0 Å². The van der Waals surface area contributed by atoms with Crippen LogP contribution in [-0.4, -0.2) is 42.2 Å². The zero-order chi connectivity index (χ0) is 17.2. The lowest BCUT2D eigenvalue weighted by Crippen LogP contribution is -2.34. The van der Waals surface area contributed by atoms with Gasteiger partial charge < -0.3 is 5.11 Å². The van der Waals surface area contributed by atoms with Gasteiger partial charge in [-0.3, -0.25) is 14.3 Å². The van der Waals surface area contributed by atoms with Gasteiger partial charge in [-0.25, -0.2) is 0 Å². The van der Waals surface area contributed by atoms with Gasteiger partial charge in [0.05, 0.1) is 17.1 Å². The fraction of sp³-hybridized carbons (Fsp3) is 0.684. The van der Waals surface area contributed by atoms with Crippen LogP contribution in [0.4, 0.5) is 0 Å². The summed E-state index contributed by atoms with van der Waals surface area (Å²) in [5.41, 5.74) is 2.76. The molecule has 2 aromatic heterocycles. The highest BCUT2D eigenvalue weighted by atomic mass is 16.3. The van der Waals surface area contributed by atoms with Crippen molar-refractivity contribution in [2.24, 2.45) is 7.05 Å². The Bertz CT molecular complexity index is 698. The Morgan fingerprint density at radius 1 is 1.12 bits per heavy atom. The molecule has 136 valence electrons. The van der Waals surface area contributed by atoms with E-state index in [1.54, 1.807) is 10.9 Å². The van der Waals surface area contributed by atoms with Crippen LogP contribution in [0, 0.1) is 0 Å². The van der Waals surface area contributed by atoms with E-state index < -0.39 is 6.10 Å². The van der Waals surface area contributed by atoms with E-state index in [-0.39, 0.29) is 0 Å². The molecule has 0 saturated heterocycles. The van der Waals surface area contributed by atoms with Gasteiger partial charge in [-0.1, -0.05) is 25.7 Å². The second-order valence-corrected chi connectivity index (χ2v) is 7.54. The molecule has 0 amide bonds. The van der Waals surface area contributed by atoms with Gasteiger partial charge in [0.15, 0.2) is 0 Å². The zero-order valence-corrected chi connectivity index (χ0v) is 15.1. The number of hydrogen-bond donors (Lipinski definition) is 1. The van der Waals surface area contributed by atoms with E-state index in [9.17, 15) is 5.11 Å². The Labute approximate surface area is 149 Å². The van der Waals surface area contributed by atoms with Crippen molar-refractivity contribution in [3.8, 4) is 0 Å². The van der Waals surface area contributed by atoms with Gasteiger partial charge in [0.25, 0.3) is 0 Å². The fourth-order valence-corrected chi connectivity index (χ4v) is 4.38. The van der Waals surface area contributed by atoms with E-state index in [4.69, 9.17) is 5.10 Å². The Hall–Kier alpha value is -1.66. The molecule has 6 heteroatoms. The molecule has 1 fully saturated rings. The number of aliphatic hydroxyl groups is 1. The molecule has 2 aromatic rings. The van der Waals surface area contributed by atoms with E-state index in [1.807, 2.05) is 13.1 Å². The van der Waals surface area contributed by atoms with Crippen molar-refractivity contribution in [3.05, 3.63) is 35.4 Å². The van der Waals surface area contributed by atoms with Gasteiger partial charge in [0.1, 0.15) is 6.10 Å². The smallest absolute Gasteiger partial charge is 0.139 e. The molecule has 2 aliphatic rings. The molecular formula is C19H29N5O.